The van der Waals surface area contributed by atoms with E-state index in [2.05, 4.69) is 0 Å². The molecule has 120 valence electrons. The first kappa shape index (κ1) is 16.1. The van der Waals surface area contributed by atoms with Crippen LogP contribution in [0.5, 0.6) is 0 Å². The van der Waals surface area contributed by atoms with Crippen LogP contribution in [-0.2, 0) is 9.53 Å². The van der Waals surface area contributed by atoms with Crippen molar-refractivity contribution in [1.29, 1.82) is 0 Å². The van der Waals surface area contributed by atoms with Gasteiger partial charge in [0.25, 0.3) is 0 Å². The number of carboxylic acid groups (broad SMARTS) is 1. The molecule has 1 aliphatic heterocycles. The lowest BCUT2D eigenvalue weighted by molar-refractivity contribution is -0.150. The lowest BCUT2D eigenvalue weighted by Gasteiger charge is -2.43. The number of carboxylic acids is 1. The SMILES string of the molecule is CN(CCOCC1CC1)C(=O)N1CCCCC1(C)C(=O)O. The third-order valence-corrected chi connectivity index (χ3v) is 4.53. The summed E-state index contributed by atoms with van der Waals surface area (Å²) in [4.78, 5) is 27.1. The minimum atomic E-state index is -1.08. The van der Waals surface area contributed by atoms with Gasteiger partial charge in [0, 0.05) is 26.7 Å². The molecule has 1 heterocycles. The molecule has 0 radical (unpaired) electrons. The van der Waals surface area contributed by atoms with Crippen molar-refractivity contribution in [2.45, 2.75) is 44.6 Å². The van der Waals surface area contributed by atoms with E-state index in [0.29, 0.717) is 32.0 Å². The number of nitrogens with zero attached hydrogens (tertiary/aromatic N) is 2. The van der Waals surface area contributed by atoms with Crippen LogP contribution in [0.2, 0.25) is 0 Å². The van der Waals surface area contributed by atoms with E-state index >= 15 is 0 Å². The molecule has 1 atom stereocenters. The fraction of sp³-hybridized carbons (Fsp3) is 0.867. The lowest BCUT2D eigenvalue weighted by atomic mass is 9.89. The normalized spacial score (nSPS) is 25.7. The number of piperidine rings is 1. The third kappa shape index (κ3) is 3.87. The van der Waals surface area contributed by atoms with Crippen LogP contribution in [-0.4, -0.2) is 65.8 Å². The van der Waals surface area contributed by atoms with E-state index in [1.165, 1.54) is 17.7 Å². The number of carbonyl (C=O) groups is 2. The van der Waals surface area contributed by atoms with Crippen molar-refractivity contribution in [3.63, 3.8) is 0 Å². The van der Waals surface area contributed by atoms with E-state index in [1.54, 1.807) is 18.9 Å². The fourth-order valence-corrected chi connectivity index (χ4v) is 2.69. The Morgan fingerprint density at radius 2 is 2.10 bits per heavy atom. The molecule has 1 N–H and O–H groups in total. The average molecular weight is 298 g/mol. The maximum atomic E-state index is 12.5. The fourth-order valence-electron chi connectivity index (χ4n) is 2.69. The molecule has 6 heteroatoms. The van der Waals surface area contributed by atoms with Crippen LogP contribution in [0.4, 0.5) is 4.79 Å². The second-order valence-electron chi connectivity index (χ2n) is 6.41. The minimum Gasteiger partial charge on any atom is -0.480 e. The van der Waals surface area contributed by atoms with Crippen molar-refractivity contribution >= 4 is 12.0 Å². The zero-order valence-corrected chi connectivity index (χ0v) is 13.0. The molecule has 0 aromatic rings. The summed E-state index contributed by atoms with van der Waals surface area (Å²) >= 11 is 0. The molecular formula is C15H26N2O4. The van der Waals surface area contributed by atoms with Gasteiger partial charge in [0.15, 0.2) is 0 Å². The summed E-state index contributed by atoms with van der Waals surface area (Å²) in [7, 11) is 1.71. The molecule has 2 amide bonds. The Kier molecular flexibility index (Phi) is 5.08. The first-order valence-corrected chi connectivity index (χ1v) is 7.79. The smallest absolute Gasteiger partial charge is 0.329 e. The van der Waals surface area contributed by atoms with Crippen molar-refractivity contribution in [1.82, 2.24) is 9.80 Å². The van der Waals surface area contributed by atoms with Gasteiger partial charge >= 0.3 is 12.0 Å². The number of hydrogen-bond acceptors (Lipinski definition) is 3. The van der Waals surface area contributed by atoms with E-state index in [9.17, 15) is 14.7 Å². The number of carbonyl (C=O) groups excluding carboxylic acids is 1. The van der Waals surface area contributed by atoms with Gasteiger partial charge in [-0.1, -0.05) is 0 Å². The number of likely N-dealkylation sites (tertiary alicyclic amines) is 1. The molecule has 0 spiro atoms. The number of hydrogen-bond donors (Lipinski definition) is 1. The van der Waals surface area contributed by atoms with Crippen molar-refractivity contribution < 1.29 is 19.4 Å². The Labute approximate surface area is 126 Å². The summed E-state index contributed by atoms with van der Waals surface area (Å²) in [6.45, 7) is 3.94. The second-order valence-corrected chi connectivity index (χ2v) is 6.41. The van der Waals surface area contributed by atoms with Crippen molar-refractivity contribution in [3.05, 3.63) is 0 Å². The van der Waals surface area contributed by atoms with Gasteiger partial charge in [-0.3, -0.25) is 0 Å². The summed E-state index contributed by atoms with van der Waals surface area (Å²) in [5, 5.41) is 9.44. The minimum absolute atomic E-state index is 0.213. The zero-order chi connectivity index (χ0) is 15.5. The molecule has 2 aliphatic rings. The summed E-state index contributed by atoms with van der Waals surface area (Å²) in [5.41, 5.74) is -1.08. The molecule has 6 nitrogen and oxygen atoms in total. The molecule has 1 saturated carbocycles. The molecule has 0 aromatic heterocycles. The predicted octanol–water partition coefficient (Wildman–Crippen LogP) is 1.79. The van der Waals surface area contributed by atoms with Crippen LogP contribution < -0.4 is 0 Å². The first-order chi connectivity index (χ1) is 9.95. The monoisotopic (exact) mass is 298 g/mol. The highest BCUT2D eigenvalue weighted by atomic mass is 16.5. The van der Waals surface area contributed by atoms with Gasteiger partial charge in [-0.15, -0.1) is 0 Å². The standard InChI is InChI=1S/C15H26N2O4/c1-15(13(18)19)7-3-4-8-17(15)14(20)16(2)9-10-21-11-12-5-6-12/h12H,3-11H2,1-2H3,(H,18,19). The molecule has 21 heavy (non-hydrogen) atoms. The van der Waals surface area contributed by atoms with E-state index in [0.717, 1.165) is 19.4 Å². The van der Waals surface area contributed by atoms with Gasteiger partial charge in [0.1, 0.15) is 5.54 Å². The molecule has 2 fully saturated rings. The topological polar surface area (TPSA) is 70.1 Å². The summed E-state index contributed by atoms with van der Waals surface area (Å²) < 4.78 is 5.54. The third-order valence-electron chi connectivity index (χ3n) is 4.53. The molecule has 1 aliphatic carbocycles. The Bertz CT molecular complexity index is 397. The Hall–Kier alpha value is -1.30. The van der Waals surface area contributed by atoms with Crippen LogP contribution in [0.1, 0.15) is 39.0 Å². The predicted molar refractivity (Wildman–Crippen MR) is 78.2 cm³/mol. The maximum absolute atomic E-state index is 12.5. The van der Waals surface area contributed by atoms with Gasteiger partial charge in [-0.05, 0) is 44.9 Å². The van der Waals surface area contributed by atoms with E-state index in [4.69, 9.17) is 4.74 Å². The molecule has 0 aromatic carbocycles. The number of amides is 2. The van der Waals surface area contributed by atoms with Crippen molar-refractivity contribution in [2.75, 3.05) is 33.4 Å². The zero-order valence-electron chi connectivity index (χ0n) is 13.0. The van der Waals surface area contributed by atoms with Gasteiger partial charge in [-0.25, -0.2) is 9.59 Å². The molecule has 0 bridgehead atoms. The summed E-state index contributed by atoms with van der Waals surface area (Å²) in [5.74, 6) is -0.211. The number of rotatable bonds is 6. The quantitative estimate of drug-likeness (QED) is 0.759. The van der Waals surface area contributed by atoms with E-state index < -0.39 is 11.5 Å². The Morgan fingerprint density at radius 1 is 1.38 bits per heavy atom. The van der Waals surface area contributed by atoms with Gasteiger partial charge in [0.05, 0.1) is 6.61 Å². The van der Waals surface area contributed by atoms with E-state index in [1.807, 2.05) is 0 Å². The summed E-state index contributed by atoms with van der Waals surface area (Å²) in [6.07, 6.45) is 4.72. The highest BCUT2D eigenvalue weighted by molar-refractivity contribution is 5.86. The first-order valence-electron chi connectivity index (χ1n) is 7.79. The highest BCUT2D eigenvalue weighted by Crippen LogP contribution is 2.29. The van der Waals surface area contributed by atoms with Crippen LogP contribution in [0.25, 0.3) is 0 Å². The van der Waals surface area contributed by atoms with E-state index in [-0.39, 0.29) is 6.03 Å². The van der Waals surface area contributed by atoms with Gasteiger partial charge in [-0.2, -0.15) is 0 Å². The summed E-state index contributed by atoms with van der Waals surface area (Å²) in [6, 6.07) is -0.213. The van der Waals surface area contributed by atoms with Crippen LogP contribution >= 0.6 is 0 Å². The highest BCUT2D eigenvalue weighted by Gasteiger charge is 2.44. The largest absolute Gasteiger partial charge is 0.480 e. The van der Waals surface area contributed by atoms with Gasteiger partial charge < -0.3 is 19.6 Å². The van der Waals surface area contributed by atoms with Crippen molar-refractivity contribution in [3.8, 4) is 0 Å². The Morgan fingerprint density at radius 3 is 2.71 bits per heavy atom. The Balaban J connectivity index is 1.84. The maximum Gasteiger partial charge on any atom is 0.329 e. The number of ether oxygens (including phenoxy) is 1. The molecule has 1 saturated heterocycles. The lowest BCUT2D eigenvalue weighted by Crippen LogP contribution is -2.60. The number of aliphatic carboxylic acids is 1. The van der Waals surface area contributed by atoms with Gasteiger partial charge in [0.2, 0.25) is 0 Å². The molecular weight excluding hydrogens is 272 g/mol. The molecule has 1 unspecified atom stereocenters. The number of urea groups is 1. The number of likely N-dealkylation sites (N-methyl/N-ethyl adjacent to an activating group) is 1. The van der Waals surface area contributed by atoms with Crippen LogP contribution in [0.15, 0.2) is 0 Å². The van der Waals surface area contributed by atoms with Crippen LogP contribution in [0, 0.1) is 5.92 Å². The van der Waals surface area contributed by atoms with Crippen molar-refractivity contribution in [2.24, 2.45) is 5.92 Å². The average Bonchev–Trinajstić information content (AvgIpc) is 3.27. The van der Waals surface area contributed by atoms with Crippen LogP contribution in [0.3, 0.4) is 0 Å². The molecule has 2 rings (SSSR count). The second kappa shape index (κ2) is 6.64.